The highest BCUT2D eigenvalue weighted by Crippen LogP contribution is 2.10. The van der Waals surface area contributed by atoms with Crippen molar-refractivity contribution in [1.82, 2.24) is 5.32 Å². The quantitative estimate of drug-likeness (QED) is 0.243. The molecule has 0 aromatic rings. The van der Waals surface area contributed by atoms with E-state index in [4.69, 9.17) is 11.0 Å². The maximum Gasteiger partial charge on any atom is 0.178 e. The molecule has 1 rings (SSSR count). The zero-order valence-corrected chi connectivity index (χ0v) is 3.59. The molecule has 0 bridgehead atoms. The molecule has 7 heavy (non-hydrogen) atoms. The van der Waals surface area contributed by atoms with Crippen molar-refractivity contribution < 1.29 is 4.74 Å². The predicted molar refractivity (Wildman–Crippen MR) is 21.6 cm³/mol. The average molecular weight is 99.1 g/mol. The molecule has 0 aliphatic carbocycles. The molecule has 1 aliphatic rings. The zero-order chi connectivity index (χ0) is 5.28. The number of nitrogens with zero attached hydrogens (tertiary/aromatic N) is 1. The number of nitrogens with one attached hydrogen (secondary N) is 1. The van der Waals surface area contributed by atoms with Crippen LogP contribution in [-0.4, -0.2) is 12.5 Å². The minimum Gasteiger partial charge on any atom is -0.331 e. The summed E-state index contributed by atoms with van der Waals surface area (Å²) >= 11 is 0. The number of rotatable bonds is 1. The first-order valence-electron chi connectivity index (χ1n) is 1.90. The fourth-order valence-electron chi connectivity index (χ4n) is 0.304. The highest BCUT2D eigenvalue weighted by Gasteiger charge is 2.34. The minimum atomic E-state index is -0.264. The van der Waals surface area contributed by atoms with E-state index < -0.39 is 0 Å². The summed E-state index contributed by atoms with van der Waals surface area (Å²) < 4.78 is 4.60. The van der Waals surface area contributed by atoms with Crippen LogP contribution in [0.3, 0.4) is 0 Å². The number of nitrogens with two attached hydrogens (primary N) is 1. The predicted octanol–water partition coefficient (Wildman–Crippen LogP) is -1.30. The molecule has 0 saturated carbocycles. The van der Waals surface area contributed by atoms with Gasteiger partial charge in [0.05, 0.1) is 0 Å². The van der Waals surface area contributed by atoms with E-state index in [9.17, 15) is 0 Å². The average Bonchev–Trinajstić information content (AvgIpc) is 2.22. The van der Waals surface area contributed by atoms with Crippen LogP contribution in [-0.2, 0) is 4.74 Å². The first-order chi connectivity index (χ1) is 3.34. The van der Waals surface area contributed by atoms with E-state index in [0.717, 1.165) is 0 Å². The molecular formula is C3H5N3O. The second-order valence-corrected chi connectivity index (χ2v) is 1.28. The molecule has 0 spiro atoms. The van der Waals surface area contributed by atoms with E-state index in [1.807, 2.05) is 0 Å². The van der Waals surface area contributed by atoms with Gasteiger partial charge in [-0.1, -0.05) is 0 Å². The zero-order valence-electron chi connectivity index (χ0n) is 3.59. The Kier molecular flexibility index (Phi) is 0.855. The Balaban J connectivity index is 2.12. The molecule has 0 radical (unpaired) electrons. The third-order valence-corrected chi connectivity index (χ3v) is 0.732. The molecule has 1 saturated heterocycles. The van der Waals surface area contributed by atoms with Gasteiger partial charge in [-0.05, 0) is 0 Å². The van der Waals surface area contributed by atoms with Gasteiger partial charge in [0, 0.05) is 0 Å². The molecule has 2 unspecified atom stereocenters. The van der Waals surface area contributed by atoms with Gasteiger partial charge >= 0.3 is 0 Å². The molecule has 1 aliphatic heterocycles. The Hall–Kier alpha value is -0.790. The summed E-state index contributed by atoms with van der Waals surface area (Å²) in [6.45, 7) is 0. The lowest BCUT2D eigenvalue weighted by Gasteiger charge is -1.78. The summed E-state index contributed by atoms with van der Waals surface area (Å²) in [5.74, 6) is 0. The van der Waals surface area contributed by atoms with Gasteiger partial charge in [0.15, 0.2) is 18.6 Å². The van der Waals surface area contributed by atoms with Crippen LogP contribution in [0.4, 0.5) is 0 Å². The lowest BCUT2D eigenvalue weighted by Crippen LogP contribution is -2.17. The number of hydrogen-bond acceptors (Lipinski definition) is 4. The Morgan fingerprint density at radius 3 is 2.57 bits per heavy atom. The van der Waals surface area contributed by atoms with E-state index >= 15 is 0 Å². The van der Waals surface area contributed by atoms with Crippen molar-refractivity contribution in [2.24, 2.45) is 5.73 Å². The maximum atomic E-state index is 7.90. The second kappa shape index (κ2) is 1.37. The molecule has 3 N–H and O–H groups in total. The number of ether oxygens (including phenoxy) is 1. The Morgan fingerprint density at radius 2 is 2.43 bits per heavy atom. The van der Waals surface area contributed by atoms with E-state index in [1.165, 1.54) is 0 Å². The fourth-order valence-corrected chi connectivity index (χ4v) is 0.304. The van der Waals surface area contributed by atoms with Gasteiger partial charge in [0.25, 0.3) is 0 Å². The van der Waals surface area contributed by atoms with Crippen LogP contribution in [0.1, 0.15) is 0 Å². The molecule has 1 fully saturated rings. The highest BCUT2D eigenvalue weighted by molar-refractivity contribution is 4.82. The summed E-state index contributed by atoms with van der Waals surface area (Å²) in [5.41, 5.74) is 5.12. The molecule has 1 heterocycles. The van der Waals surface area contributed by atoms with E-state index in [-0.39, 0.29) is 12.5 Å². The second-order valence-electron chi connectivity index (χ2n) is 1.28. The van der Waals surface area contributed by atoms with Crippen LogP contribution in [0.2, 0.25) is 0 Å². The molecular weight excluding hydrogens is 94.1 g/mol. The van der Waals surface area contributed by atoms with E-state index in [2.05, 4.69) is 10.1 Å². The number of nitriles is 1. The number of hydrogen-bond donors (Lipinski definition) is 2. The van der Waals surface area contributed by atoms with Crippen molar-refractivity contribution in [3.63, 3.8) is 0 Å². The van der Waals surface area contributed by atoms with Gasteiger partial charge < -0.3 is 10.5 Å². The van der Waals surface area contributed by atoms with Crippen LogP contribution >= 0.6 is 0 Å². The van der Waals surface area contributed by atoms with E-state index in [0.29, 0.717) is 0 Å². The Morgan fingerprint density at radius 1 is 1.86 bits per heavy atom. The van der Waals surface area contributed by atoms with Crippen LogP contribution in [0.25, 0.3) is 0 Å². The largest absolute Gasteiger partial charge is 0.331 e. The van der Waals surface area contributed by atoms with Gasteiger partial charge in [0.1, 0.15) is 0 Å². The Bertz CT molecular complexity index is 107. The van der Waals surface area contributed by atoms with Crippen molar-refractivity contribution in [2.75, 3.05) is 0 Å². The van der Waals surface area contributed by atoms with Gasteiger partial charge in [-0.2, -0.15) is 5.26 Å². The molecule has 4 nitrogen and oxygen atoms in total. The highest BCUT2D eigenvalue weighted by atomic mass is 16.6. The van der Waals surface area contributed by atoms with Crippen molar-refractivity contribution in [2.45, 2.75) is 12.5 Å². The number of epoxide rings is 1. The molecule has 0 aromatic heterocycles. The topological polar surface area (TPSA) is 74.4 Å². The first-order valence-corrected chi connectivity index (χ1v) is 1.90. The van der Waals surface area contributed by atoms with Crippen LogP contribution in [0.15, 0.2) is 0 Å². The van der Waals surface area contributed by atoms with E-state index in [1.54, 1.807) is 6.19 Å². The van der Waals surface area contributed by atoms with Crippen molar-refractivity contribution in [1.29, 1.82) is 5.26 Å². The maximum absolute atomic E-state index is 7.90. The summed E-state index contributed by atoms with van der Waals surface area (Å²) in [4.78, 5) is 0. The van der Waals surface area contributed by atoms with Gasteiger partial charge in [-0.15, -0.1) is 0 Å². The van der Waals surface area contributed by atoms with Crippen LogP contribution in [0.5, 0.6) is 0 Å². The third-order valence-electron chi connectivity index (χ3n) is 0.732. The van der Waals surface area contributed by atoms with Gasteiger partial charge in [0.2, 0.25) is 0 Å². The van der Waals surface area contributed by atoms with Crippen molar-refractivity contribution >= 4 is 0 Å². The lowest BCUT2D eigenvalue weighted by molar-refractivity contribution is 0.363. The molecule has 4 heteroatoms. The van der Waals surface area contributed by atoms with Crippen LogP contribution < -0.4 is 11.1 Å². The molecule has 0 aromatic carbocycles. The lowest BCUT2D eigenvalue weighted by atomic mass is 10.7. The molecule has 0 amide bonds. The van der Waals surface area contributed by atoms with Crippen molar-refractivity contribution in [3.8, 4) is 6.19 Å². The first kappa shape index (κ1) is 4.37. The van der Waals surface area contributed by atoms with Crippen LogP contribution in [0, 0.1) is 11.5 Å². The minimum absolute atomic E-state index is 0.218. The summed E-state index contributed by atoms with van der Waals surface area (Å²) in [6.07, 6.45) is 1.22. The fraction of sp³-hybridized carbons (Fsp3) is 0.667. The normalized spacial score (nSPS) is 36.6. The SMILES string of the molecule is N#CNC1OC1N. The molecule has 2 atom stereocenters. The summed E-state index contributed by atoms with van der Waals surface area (Å²) in [5, 5.41) is 10.2. The molecule has 38 valence electrons. The smallest absolute Gasteiger partial charge is 0.178 e. The monoisotopic (exact) mass is 99.0 g/mol. The summed E-state index contributed by atoms with van der Waals surface area (Å²) in [6, 6.07) is 0. The Labute approximate surface area is 40.9 Å². The van der Waals surface area contributed by atoms with Crippen molar-refractivity contribution in [3.05, 3.63) is 0 Å². The standard InChI is InChI=1S/C3H5N3O/c4-1-6-3-2(5)7-3/h2-3,6H,5H2. The summed E-state index contributed by atoms with van der Waals surface area (Å²) in [7, 11) is 0. The van der Waals surface area contributed by atoms with Gasteiger partial charge in [-0.3, -0.25) is 5.32 Å². The van der Waals surface area contributed by atoms with Gasteiger partial charge in [-0.25, -0.2) is 0 Å². The third kappa shape index (κ3) is 0.796.